The molecule has 1 amide bonds. The van der Waals surface area contributed by atoms with Crippen LogP contribution in [0.2, 0.25) is 0 Å². The molecule has 0 atom stereocenters. The third kappa shape index (κ3) is 3.49. The molecule has 1 fully saturated rings. The van der Waals surface area contributed by atoms with Crippen molar-refractivity contribution in [3.63, 3.8) is 0 Å². The Morgan fingerprint density at radius 3 is 2.32 bits per heavy atom. The summed E-state index contributed by atoms with van der Waals surface area (Å²) < 4.78 is 0. The predicted molar refractivity (Wildman–Crippen MR) is 79.2 cm³/mol. The van der Waals surface area contributed by atoms with E-state index in [1.54, 1.807) is 0 Å². The standard InChI is InChI=1S/C16H24N2O/c1-13(2)17-15(19)16(11-7-4-8-12-16)18-14-9-5-3-6-10-14/h3,5-6,9-10,13,18H,4,7-8,11-12H2,1-2H3,(H,17,19). The lowest BCUT2D eigenvalue weighted by Crippen LogP contribution is -2.55. The van der Waals surface area contributed by atoms with Crippen LogP contribution in [-0.4, -0.2) is 17.5 Å². The van der Waals surface area contributed by atoms with E-state index < -0.39 is 5.54 Å². The number of nitrogens with one attached hydrogen (secondary N) is 2. The summed E-state index contributed by atoms with van der Waals surface area (Å²) in [5.41, 5.74) is 0.604. The van der Waals surface area contributed by atoms with E-state index in [1.165, 1.54) is 6.42 Å². The number of amides is 1. The van der Waals surface area contributed by atoms with Gasteiger partial charge in [0.05, 0.1) is 0 Å². The number of anilines is 1. The van der Waals surface area contributed by atoms with Crippen molar-refractivity contribution >= 4 is 11.6 Å². The number of hydrogen-bond donors (Lipinski definition) is 2. The lowest BCUT2D eigenvalue weighted by atomic mass is 9.80. The molecule has 2 rings (SSSR count). The van der Waals surface area contributed by atoms with E-state index in [9.17, 15) is 4.79 Å². The van der Waals surface area contributed by atoms with Gasteiger partial charge in [-0.05, 0) is 38.8 Å². The van der Waals surface area contributed by atoms with Crippen LogP contribution in [0.4, 0.5) is 5.69 Å². The van der Waals surface area contributed by atoms with Gasteiger partial charge in [-0.25, -0.2) is 0 Å². The largest absolute Gasteiger partial charge is 0.371 e. The Kier molecular flexibility index (Phi) is 4.46. The fourth-order valence-electron chi connectivity index (χ4n) is 2.76. The van der Waals surface area contributed by atoms with Gasteiger partial charge in [-0.2, -0.15) is 0 Å². The SMILES string of the molecule is CC(C)NC(=O)C1(Nc2ccccc2)CCCCC1. The van der Waals surface area contributed by atoms with E-state index in [0.29, 0.717) is 0 Å². The maximum atomic E-state index is 12.6. The summed E-state index contributed by atoms with van der Waals surface area (Å²) in [7, 11) is 0. The fraction of sp³-hybridized carbons (Fsp3) is 0.562. The number of carbonyl (C=O) groups is 1. The first-order chi connectivity index (χ1) is 9.12. The van der Waals surface area contributed by atoms with Crippen molar-refractivity contribution in [1.29, 1.82) is 0 Å². The molecular formula is C16H24N2O. The summed E-state index contributed by atoms with van der Waals surface area (Å²) in [6.07, 6.45) is 5.30. The van der Waals surface area contributed by atoms with Crippen LogP contribution in [-0.2, 0) is 4.79 Å². The predicted octanol–water partition coefficient (Wildman–Crippen LogP) is 3.33. The molecule has 0 spiro atoms. The normalized spacial score (nSPS) is 18.1. The molecule has 0 saturated heterocycles. The zero-order valence-electron chi connectivity index (χ0n) is 11.9. The topological polar surface area (TPSA) is 41.1 Å². The van der Waals surface area contributed by atoms with Crippen molar-refractivity contribution < 1.29 is 4.79 Å². The Hall–Kier alpha value is -1.51. The van der Waals surface area contributed by atoms with Gasteiger partial charge >= 0.3 is 0 Å². The van der Waals surface area contributed by atoms with Crippen LogP contribution >= 0.6 is 0 Å². The van der Waals surface area contributed by atoms with Gasteiger partial charge in [0, 0.05) is 11.7 Å². The molecule has 0 radical (unpaired) electrons. The maximum absolute atomic E-state index is 12.6. The van der Waals surface area contributed by atoms with Gasteiger partial charge in [-0.3, -0.25) is 4.79 Å². The van der Waals surface area contributed by atoms with Gasteiger partial charge in [0.1, 0.15) is 5.54 Å². The molecule has 19 heavy (non-hydrogen) atoms. The highest BCUT2D eigenvalue weighted by Gasteiger charge is 2.39. The highest BCUT2D eigenvalue weighted by Crippen LogP contribution is 2.32. The van der Waals surface area contributed by atoms with Crippen LogP contribution in [0.1, 0.15) is 46.0 Å². The lowest BCUT2D eigenvalue weighted by Gasteiger charge is -2.38. The Morgan fingerprint density at radius 1 is 1.11 bits per heavy atom. The molecule has 1 saturated carbocycles. The molecule has 0 bridgehead atoms. The zero-order chi connectivity index (χ0) is 13.7. The van der Waals surface area contributed by atoms with Crippen molar-refractivity contribution in [2.45, 2.75) is 57.5 Å². The summed E-state index contributed by atoms with van der Waals surface area (Å²) >= 11 is 0. The summed E-state index contributed by atoms with van der Waals surface area (Å²) in [4.78, 5) is 12.6. The van der Waals surface area contributed by atoms with Crippen LogP contribution in [0, 0.1) is 0 Å². The number of benzene rings is 1. The third-order valence-electron chi connectivity index (χ3n) is 3.72. The van der Waals surface area contributed by atoms with Gasteiger partial charge < -0.3 is 10.6 Å². The van der Waals surface area contributed by atoms with E-state index in [0.717, 1.165) is 31.4 Å². The number of carbonyl (C=O) groups excluding carboxylic acids is 1. The highest BCUT2D eigenvalue weighted by molar-refractivity contribution is 5.89. The summed E-state index contributed by atoms with van der Waals surface area (Å²) in [5, 5.41) is 6.56. The van der Waals surface area contributed by atoms with Crippen LogP contribution < -0.4 is 10.6 Å². The molecule has 1 aromatic carbocycles. The van der Waals surface area contributed by atoms with E-state index in [2.05, 4.69) is 10.6 Å². The maximum Gasteiger partial charge on any atom is 0.245 e. The summed E-state index contributed by atoms with van der Waals surface area (Å²) in [6, 6.07) is 10.2. The molecule has 0 aliphatic heterocycles. The van der Waals surface area contributed by atoms with Crippen LogP contribution in [0.25, 0.3) is 0 Å². The first-order valence-electron chi connectivity index (χ1n) is 7.27. The second-order valence-corrected chi connectivity index (χ2v) is 5.76. The summed E-state index contributed by atoms with van der Waals surface area (Å²) in [6.45, 7) is 4.02. The third-order valence-corrected chi connectivity index (χ3v) is 3.72. The number of rotatable bonds is 4. The minimum absolute atomic E-state index is 0.144. The van der Waals surface area contributed by atoms with Gasteiger partial charge in [0.15, 0.2) is 0 Å². The van der Waals surface area contributed by atoms with Gasteiger partial charge in [-0.15, -0.1) is 0 Å². The quantitative estimate of drug-likeness (QED) is 0.872. The van der Waals surface area contributed by atoms with Crippen molar-refractivity contribution in [1.82, 2.24) is 5.32 Å². The fourth-order valence-corrected chi connectivity index (χ4v) is 2.76. The van der Waals surface area contributed by atoms with E-state index in [-0.39, 0.29) is 11.9 Å². The molecule has 1 aromatic rings. The van der Waals surface area contributed by atoms with Crippen molar-refractivity contribution in [2.75, 3.05) is 5.32 Å². The van der Waals surface area contributed by atoms with Crippen LogP contribution in [0.5, 0.6) is 0 Å². The molecule has 1 aliphatic carbocycles. The number of hydrogen-bond acceptors (Lipinski definition) is 2. The lowest BCUT2D eigenvalue weighted by molar-refractivity contribution is -0.127. The minimum atomic E-state index is -0.427. The van der Waals surface area contributed by atoms with Crippen molar-refractivity contribution in [3.8, 4) is 0 Å². The molecule has 1 aliphatic rings. The molecule has 3 heteroatoms. The van der Waals surface area contributed by atoms with Crippen molar-refractivity contribution in [3.05, 3.63) is 30.3 Å². The molecule has 2 N–H and O–H groups in total. The molecular weight excluding hydrogens is 236 g/mol. The van der Waals surface area contributed by atoms with Gasteiger partial charge in [0.25, 0.3) is 0 Å². The van der Waals surface area contributed by atoms with E-state index >= 15 is 0 Å². The average molecular weight is 260 g/mol. The minimum Gasteiger partial charge on any atom is -0.371 e. The Balaban J connectivity index is 2.17. The van der Waals surface area contributed by atoms with Gasteiger partial charge in [-0.1, -0.05) is 37.5 Å². The summed E-state index contributed by atoms with van der Waals surface area (Å²) in [5.74, 6) is 0.144. The first kappa shape index (κ1) is 13.9. The highest BCUT2D eigenvalue weighted by atomic mass is 16.2. The zero-order valence-corrected chi connectivity index (χ0v) is 11.9. The van der Waals surface area contributed by atoms with E-state index in [1.807, 2.05) is 44.2 Å². The molecule has 0 heterocycles. The van der Waals surface area contributed by atoms with Crippen molar-refractivity contribution in [2.24, 2.45) is 0 Å². The molecule has 0 unspecified atom stereocenters. The average Bonchev–Trinajstić information content (AvgIpc) is 2.40. The van der Waals surface area contributed by atoms with Gasteiger partial charge in [0.2, 0.25) is 5.91 Å². The Labute approximate surface area is 115 Å². The molecule has 104 valence electrons. The van der Waals surface area contributed by atoms with Crippen LogP contribution in [0.3, 0.4) is 0 Å². The Morgan fingerprint density at radius 2 is 1.74 bits per heavy atom. The number of para-hydroxylation sites is 1. The molecule has 3 nitrogen and oxygen atoms in total. The second-order valence-electron chi connectivity index (χ2n) is 5.76. The smallest absolute Gasteiger partial charge is 0.245 e. The monoisotopic (exact) mass is 260 g/mol. The van der Waals surface area contributed by atoms with E-state index in [4.69, 9.17) is 0 Å². The Bertz CT molecular complexity index is 408. The molecule has 0 aromatic heterocycles. The first-order valence-corrected chi connectivity index (χ1v) is 7.27. The van der Waals surface area contributed by atoms with Crippen LogP contribution in [0.15, 0.2) is 30.3 Å². The second kappa shape index (κ2) is 6.09.